The molecule has 0 spiro atoms. The molecular formula is C27H24N4O6S. The number of esters is 1. The third-order valence-corrected chi connectivity index (χ3v) is 7.13. The highest BCUT2D eigenvalue weighted by molar-refractivity contribution is 7.92. The van der Waals surface area contributed by atoms with Crippen LogP contribution in [0.15, 0.2) is 77.8 Å². The number of ether oxygens (including phenoxy) is 1. The minimum atomic E-state index is -4.11. The van der Waals surface area contributed by atoms with E-state index < -0.39 is 34.5 Å². The first kappa shape index (κ1) is 26.4. The molecule has 194 valence electrons. The Hall–Kier alpha value is -4.66. The van der Waals surface area contributed by atoms with Crippen molar-refractivity contribution in [1.29, 1.82) is 5.26 Å². The predicted molar refractivity (Wildman–Crippen MR) is 140 cm³/mol. The molecule has 0 bridgehead atoms. The van der Waals surface area contributed by atoms with Gasteiger partial charge in [0.2, 0.25) is 0 Å². The summed E-state index contributed by atoms with van der Waals surface area (Å²) < 4.78 is 33.8. The summed E-state index contributed by atoms with van der Waals surface area (Å²) in [6.45, 7) is 1.37. The average molecular weight is 533 g/mol. The van der Waals surface area contributed by atoms with Gasteiger partial charge in [0, 0.05) is 17.1 Å². The topological polar surface area (TPSA) is 161 Å². The van der Waals surface area contributed by atoms with Crippen molar-refractivity contribution in [2.45, 2.75) is 24.5 Å². The molecule has 4 rings (SSSR count). The number of hydrogen-bond acceptors (Lipinski definition) is 7. The Morgan fingerprint density at radius 2 is 1.87 bits per heavy atom. The van der Waals surface area contributed by atoms with Crippen molar-refractivity contribution in [2.75, 3.05) is 11.3 Å². The molecule has 0 saturated carbocycles. The van der Waals surface area contributed by atoms with E-state index in [1.54, 1.807) is 36.4 Å². The van der Waals surface area contributed by atoms with Gasteiger partial charge in [-0.15, -0.1) is 0 Å². The lowest BCUT2D eigenvalue weighted by Gasteiger charge is -2.13. The zero-order valence-electron chi connectivity index (χ0n) is 20.3. The van der Waals surface area contributed by atoms with Crippen molar-refractivity contribution < 1.29 is 27.9 Å². The summed E-state index contributed by atoms with van der Waals surface area (Å²) in [6.07, 6.45) is -0.0916. The molecule has 1 heterocycles. The van der Waals surface area contributed by atoms with Gasteiger partial charge in [-0.1, -0.05) is 42.5 Å². The second-order valence-electron chi connectivity index (χ2n) is 8.45. The number of H-pyrrole nitrogens is 1. The molecule has 0 aliphatic heterocycles. The Bertz CT molecular complexity index is 1640. The molecule has 0 radical (unpaired) electrons. The van der Waals surface area contributed by atoms with E-state index >= 15 is 0 Å². The molecule has 4 aromatic rings. The van der Waals surface area contributed by atoms with Crippen molar-refractivity contribution in [3.05, 3.63) is 95.2 Å². The number of sulfonamides is 1. The summed E-state index contributed by atoms with van der Waals surface area (Å²) in [6, 6.07) is 19.6. The number of anilines is 1. The number of aliphatic hydroxyl groups is 1. The van der Waals surface area contributed by atoms with Gasteiger partial charge in [0.15, 0.2) is 6.10 Å². The molecule has 0 fully saturated rings. The summed E-state index contributed by atoms with van der Waals surface area (Å²) in [5.41, 5.74) is 2.68. The fraction of sp³-hybridized carbons (Fsp3) is 0.148. The predicted octanol–water partition coefficient (Wildman–Crippen LogP) is 2.98. The first-order valence-electron chi connectivity index (χ1n) is 11.5. The van der Waals surface area contributed by atoms with Crippen LogP contribution in [0.5, 0.6) is 0 Å². The second kappa shape index (κ2) is 11.2. The van der Waals surface area contributed by atoms with Crippen LogP contribution in [0, 0.1) is 18.3 Å². The number of nitrogens with one attached hydrogen (secondary N) is 3. The Morgan fingerprint density at radius 1 is 1.11 bits per heavy atom. The summed E-state index contributed by atoms with van der Waals surface area (Å²) in [4.78, 5) is 27.4. The van der Waals surface area contributed by atoms with Crippen LogP contribution in [0.2, 0.25) is 0 Å². The lowest BCUT2D eigenvalue weighted by molar-refractivity contribution is -0.154. The molecule has 38 heavy (non-hydrogen) atoms. The summed E-state index contributed by atoms with van der Waals surface area (Å²) in [5, 5.41) is 22.4. The van der Waals surface area contributed by atoms with E-state index in [0.29, 0.717) is 16.5 Å². The van der Waals surface area contributed by atoms with Gasteiger partial charge in [0.05, 0.1) is 28.2 Å². The molecule has 4 N–H and O–H groups in total. The Kier molecular flexibility index (Phi) is 7.76. The summed E-state index contributed by atoms with van der Waals surface area (Å²) >= 11 is 0. The van der Waals surface area contributed by atoms with E-state index in [1.165, 1.54) is 30.5 Å². The number of aryl methyl sites for hydroxylation is 1. The summed E-state index contributed by atoms with van der Waals surface area (Å²) in [7, 11) is -4.11. The number of fused-ring (bicyclic) bond motifs is 1. The van der Waals surface area contributed by atoms with E-state index in [1.807, 2.05) is 13.0 Å². The third kappa shape index (κ3) is 5.83. The number of carbonyl (C=O) groups excluding carboxylic acids is 2. The van der Waals surface area contributed by atoms with Gasteiger partial charge in [0.25, 0.3) is 15.9 Å². The minimum Gasteiger partial charge on any atom is -0.459 e. The Morgan fingerprint density at radius 3 is 2.61 bits per heavy atom. The van der Waals surface area contributed by atoms with Crippen LogP contribution in [-0.4, -0.2) is 43.0 Å². The number of benzene rings is 3. The smallest absolute Gasteiger partial charge is 0.337 e. The second-order valence-corrected chi connectivity index (χ2v) is 10.1. The molecule has 11 heteroatoms. The monoisotopic (exact) mass is 532 g/mol. The number of hydrogen-bond donors (Lipinski definition) is 4. The molecule has 1 aromatic heterocycles. The fourth-order valence-corrected chi connectivity index (χ4v) is 4.92. The maximum Gasteiger partial charge on any atom is 0.337 e. The van der Waals surface area contributed by atoms with Crippen molar-refractivity contribution in [3.8, 4) is 6.07 Å². The summed E-state index contributed by atoms with van der Waals surface area (Å²) in [5.74, 6) is -1.58. The number of amides is 1. The largest absolute Gasteiger partial charge is 0.459 e. The molecule has 0 unspecified atom stereocenters. The number of aromatic amines is 1. The van der Waals surface area contributed by atoms with Gasteiger partial charge in [-0.2, -0.15) is 5.26 Å². The minimum absolute atomic E-state index is 0.0124. The highest BCUT2D eigenvalue weighted by Gasteiger charge is 2.21. The molecule has 10 nitrogen and oxygen atoms in total. The van der Waals surface area contributed by atoms with E-state index in [2.05, 4.69) is 21.1 Å². The van der Waals surface area contributed by atoms with Crippen molar-refractivity contribution in [2.24, 2.45) is 0 Å². The lowest BCUT2D eigenvalue weighted by atomic mass is 10.1. The zero-order valence-corrected chi connectivity index (χ0v) is 21.1. The van der Waals surface area contributed by atoms with Crippen LogP contribution in [0.25, 0.3) is 10.9 Å². The first-order valence-corrected chi connectivity index (χ1v) is 13.0. The molecular weight excluding hydrogens is 508 g/mol. The van der Waals surface area contributed by atoms with E-state index in [0.717, 1.165) is 11.1 Å². The van der Waals surface area contributed by atoms with Gasteiger partial charge in [-0.3, -0.25) is 9.52 Å². The van der Waals surface area contributed by atoms with Crippen LogP contribution in [0.4, 0.5) is 5.69 Å². The van der Waals surface area contributed by atoms with Crippen LogP contribution in [-0.2, 0) is 26.2 Å². The number of rotatable bonds is 9. The standard InChI is InChI=1S/C27H24N4O6S/c1-17-10-11-22(25-24(17)20(13-28)14-29-25)31-38(35,36)21-9-5-8-19(12-21)26(33)30-15-23(32)27(34)37-16-18-6-3-2-4-7-18/h2-12,14,23,29,31-32H,15-16H2,1H3,(H,30,33)/t23-/m0/s1. The van der Waals surface area contributed by atoms with E-state index in [9.17, 15) is 28.4 Å². The van der Waals surface area contributed by atoms with Crippen molar-refractivity contribution in [1.82, 2.24) is 10.3 Å². The normalized spacial score (nSPS) is 11.9. The number of nitriles is 1. The lowest BCUT2D eigenvalue weighted by Crippen LogP contribution is -2.37. The average Bonchev–Trinajstić information content (AvgIpc) is 3.38. The molecule has 0 aliphatic carbocycles. The zero-order chi connectivity index (χ0) is 27.3. The van der Waals surface area contributed by atoms with Gasteiger partial charge in [-0.05, 0) is 42.3 Å². The molecule has 0 saturated heterocycles. The molecule has 1 atom stereocenters. The SMILES string of the molecule is Cc1ccc(NS(=O)(=O)c2cccc(C(=O)NC[C@H](O)C(=O)OCc3ccccc3)c2)c2[nH]cc(C#N)c12. The maximum atomic E-state index is 13.1. The quantitative estimate of drug-likeness (QED) is 0.241. The van der Waals surface area contributed by atoms with Crippen LogP contribution in [0.1, 0.15) is 27.0 Å². The number of aliphatic hydroxyl groups excluding tert-OH is 1. The number of aromatic nitrogens is 1. The first-order chi connectivity index (χ1) is 18.2. The fourth-order valence-electron chi connectivity index (χ4n) is 3.80. The van der Waals surface area contributed by atoms with Gasteiger partial charge in [-0.25, -0.2) is 13.2 Å². The highest BCUT2D eigenvalue weighted by atomic mass is 32.2. The Balaban J connectivity index is 1.42. The maximum absolute atomic E-state index is 13.1. The van der Waals surface area contributed by atoms with Crippen LogP contribution in [0.3, 0.4) is 0 Å². The van der Waals surface area contributed by atoms with Crippen LogP contribution >= 0.6 is 0 Å². The van der Waals surface area contributed by atoms with Crippen LogP contribution < -0.4 is 10.0 Å². The van der Waals surface area contributed by atoms with Gasteiger partial charge >= 0.3 is 5.97 Å². The van der Waals surface area contributed by atoms with Crippen molar-refractivity contribution in [3.63, 3.8) is 0 Å². The molecule has 1 amide bonds. The number of carbonyl (C=O) groups is 2. The third-order valence-electron chi connectivity index (χ3n) is 5.77. The van der Waals surface area contributed by atoms with E-state index in [4.69, 9.17) is 4.74 Å². The van der Waals surface area contributed by atoms with E-state index in [-0.39, 0.29) is 22.8 Å². The Labute approximate surface area is 218 Å². The number of nitrogens with zero attached hydrogens (tertiary/aromatic N) is 1. The molecule has 3 aromatic carbocycles. The highest BCUT2D eigenvalue weighted by Crippen LogP contribution is 2.30. The van der Waals surface area contributed by atoms with Gasteiger partial charge in [0.1, 0.15) is 12.7 Å². The van der Waals surface area contributed by atoms with Gasteiger partial charge < -0.3 is 20.1 Å². The molecule has 0 aliphatic rings. The van der Waals surface area contributed by atoms with Crippen molar-refractivity contribution >= 4 is 38.5 Å².